The van der Waals surface area contributed by atoms with Crippen LogP contribution >= 0.6 is 0 Å². The van der Waals surface area contributed by atoms with E-state index in [1.54, 1.807) is 43.3 Å². The number of allylic oxidation sites excluding steroid dienone is 4. The van der Waals surface area contributed by atoms with Gasteiger partial charge in [-0.15, -0.1) is 0 Å². The van der Waals surface area contributed by atoms with E-state index in [4.69, 9.17) is 4.74 Å². The van der Waals surface area contributed by atoms with Gasteiger partial charge in [-0.25, -0.2) is 13.2 Å². The van der Waals surface area contributed by atoms with Crippen molar-refractivity contribution in [3.8, 4) is 5.75 Å². The third-order valence-corrected chi connectivity index (χ3v) is 10.2. The maximum Gasteiger partial charge on any atom is 0.307 e. The first-order valence-electron chi connectivity index (χ1n) is 15.3. The highest BCUT2D eigenvalue weighted by Crippen LogP contribution is 2.58. The third kappa shape index (κ3) is 6.88. The first-order valence-corrected chi connectivity index (χ1v) is 15.3. The normalized spacial score (nSPS) is 33.3. The summed E-state index contributed by atoms with van der Waals surface area (Å²) in [6.07, 6.45) is -1.08. The SMILES string of the molecule is CC12C=CC(=O)C=C1C(F)CCC1CC(CN(O)Cc3ccc(OCc4ccc(F)cc4)cc3)C(C(=O)O)C1(C)CC(O)C2F. The van der Waals surface area contributed by atoms with Crippen LogP contribution in [0, 0.1) is 34.4 Å². The van der Waals surface area contributed by atoms with Gasteiger partial charge in [0.25, 0.3) is 0 Å². The minimum atomic E-state index is -1.95. The van der Waals surface area contributed by atoms with Crippen LogP contribution in [0.1, 0.15) is 50.7 Å². The number of aliphatic hydroxyl groups excluding tert-OH is 1. The van der Waals surface area contributed by atoms with E-state index in [0.29, 0.717) is 12.2 Å². The maximum absolute atomic E-state index is 16.0. The number of carboxylic acid groups (broad SMARTS) is 1. The van der Waals surface area contributed by atoms with Crippen molar-refractivity contribution in [3.05, 3.63) is 89.3 Å². The van der Waals surface area contributed by atoms with Crippen LogP contribution in [0.2, 0.25) is 0 Å². The highest BCUT2D eigenvalue weighted by molar-refractivity contribution is 6.01. The molecule has 7 nitrogen and oxygen atoms in total. The van der Waals surface area contributed by atoms with Crippen LogP contribution in [-0.4, -0.2) is 57.2 Å². The number of rotatable bonds is 8. The van der Waals surface area contributed by atoms with Gasteiger partial charge < -0.3 is 20.2 Å². The van der Waals surface area contributed by atoms with Crippen LogP contribution in [0.4, 0.5) is 13.2 Å². The highest BCUT2D eigenvalue weighted by atomic mass is 19.1. The van der Waals surface area contributed by atoms with Gasteiger partial charge in [0.1, 0.15) is 30.5 Å². The predicted octanol–water partition coefficient (Wildman–Crippen LogP) is 6.23. The van der Waals surface area contributed by atoms with Crippen molar-refractivity contribution in [2.45, 2.75) is 71.1 Å². The Morgan fingerprint density at radius 2 is 1.71 bits per heavy atom. The fourth-order valence-electron chi connectivity index (χ4n) is 7.80. The first kappa shape index (κ1) is 32.9. The number of carbonyl (C=O) groups is 2. The van der Waals surface area contributed by atoms with Crippen LogP contribution in [0.3, 0.4) is 0 Å². The van der Waals surface area contributed by atoms with E-state index in [1.807, 2.05) is 0 Å². The number of hydroxylamine groups is 2. The molecule has 0 spiro atoms. The molecule has 3 aliphatic carbocycles. The molecule has 45 heavy (non-hydrogen) atoms. The van der Waals surface area contributed by atoms with E-state index in [-0.39, 0.29) is 56.3 Å². The van der Waals surface area contributed by atoms with Gasteiger partial charge in [-0.05, 0) is 103 Å². The van der Waals surface area contributed by atoms with Crippen LogP contribution in [0.25, 0.3) is 0 Å². The Kier molecular flexibility index (Phi) is 9.58. The predicted molar refractivity (Wildman–Crippen MR) is 160 cm³/mol. The molecule has 3 N–H and O–H groups in total. The second kappa shape index (κ2) is 13.1. The number of alkyl halides is 2. The molecule has 0 radical (unpaired) electrons. The van der Waals surface area contributed by atoms with Gasteiger partial charge in [0, 0.05) is 18.5 Å². The second-order valence-corrected chi connectivity index (χ2v) is 13.3. The Morgan fingerprint density at radius 3 is 2.38 bits per heavy atom. The lowest BCUT2D eigenvalue weighted by Crippen LogP contribution is -2.48. The molecular weight excluding hydrogens is 587 g/mol. The second-order valence-electron chi connectivity index (χ2n) is 13.3. The molecule has 0 saturated heterocycles. The molecule has 0 aliphatic heterocycles. The molecule has 0 aromatic heterocycles. The number of ketones is 1. The topological polar surface area (TPSA) is 107 Å². The van der Waals surface area contributed by atoms with Gasteiger partial charge in [0.15, 0.2) is 5.78 Å². The van der Waals surface area contributed by atoms with Crippen molar-refractivity contribution in [1.82, 2.24) is 5.06 Å². The van der Waals surface area contributed by atoms with Gasteiger partial charge in [-0.3, -0.25) is 9.59 Å². The monoisotopic (exact) mass is 627 g/mol. The molecule has 242 valence electrons. The number of benzene rings is 2. The number of hydrogen-bond donors (Lipinski definition) is 3. The average Bonchev–Trinajstić information content (AvgIpc) is 3.26. The molecule has 2 aromatic carbocycles. The summed E-state index contributed by atoms with van der Waals surface area (Å²) in [6.45, 7) is 3.57. The lowest BCUT2D eigenvalue weighted by atomic mass is 9.62. The van der Waals surface area contributed by atoms with Crippen molar-refractivity contribution >= 4 is 11.8 Å². The van der Waals surface area contributed by atoms with Gasteiger partial charge in [-0.2, -0.15) is 5.06 Å². The van der Waals surface area contributed by atoms with E-state index in [0.717, 1.165) is 22.3 Å². The molecule has 0 heterocycles. The highest BCUT2D eigenvalue weighted by Gasteiger charge is 2.58. The summed E-state index contributed by atoms with van der Waals surface area (Å²) in [4.78, 5) is 24.8. The summed E-state index contributed by atoms with van der Waals surface area (Å²) < 4.78 is 50.5. The van der Waals surface area contributed by atoms with Crippen molar-refractivity contribution in [1.29, 1.82) is 0 Å². The van der Waals surface area contributed by atoms with E-state index in [9.17, 15) is 29.4 Å². The molecule has 2 saturated carbocycles. The van der Waals surface area contributed by atoms with E-state index in [2.05, 4.69) is 0 Å². The third-order valence-electron chi connectivity index (χ3n) is 10.2. The zero-order valence-electron chi connectivity index (χ0n) is 25.4. The number of hydrogen-bond acceptors (Lipinski definition) is 6. The number of aliphatic hydroxyl groups is 1. The fraction of sp³-hybridized carbons (Fsp3) is 0.486. The van der Waals surface area contributed by atoms with Gasteiger partial charge >= 0.3 is 5.97 Å². The number of aliphatic carboxylic acids is 1. The Balaban J connectivity index is 1.28. The van der Waals surface area contributed by atoms with Crippen molar-refractivity contribution < 1.29 is 42.9 Å². The first-order chi connectivity index (χ1) is 21.3. The quantitative estimate of drug-likeness (QED) is 0.298. The molecule has 5 rings (SSSR count). The minimum absolute atomic E-state index is 0.00268. The summed E-state index contributed by atoms with van der Waals surface area (Å²) in [5, 5.41) is 33.5. The standard InChI is InChI=1S/C35H40F3NO6/c1-34-14-13-26(40)16-28(34)29(37)12-7-24-15-23(31(33(42)43)35(24,2)17-30(41)32(34)38)19-39(44)18-21-5-10-27(11-6-21)45-20-22-3-8-25(36)9-4-22/h3-6,8-11,13-14,16,23-24,29-32,41,44H,7,12,15,17-20H2,1-2H3,(H,42,43). The largest absolute Gasteiger partial charge is 0.489 e. The Hall–Kier alpha value is -3.47. The van der Waals surface area contributed by atoms with Crippen molar-refractivity contribution in [2.75, 3.05) is 6.54 Å². The number of nitrogens with zero attached hydrogens (tertiary/aromatic N) is 1. The smallest absolute Gasteiger partial charge is 0.307 e. The Labute approximate surface area is 261 Å². The van der Waals surface area contributed by atoms with Gasteiger partial charge in [-0.1, -0.05) is 37.3 Å². The summed E-state index contributed by atoms with van der Waals surface area (Å²) in [5.74, 6) is -3.18. The number of ether oxygens (including phenoxy) is 1. The number of carboxylic acids is 1. The lowest BCUT2D eigenvalue weighted by molar-refractivity contribution is -0.153. The van der Waals surface area contributed by atoms with Crippen LogP contribution in [-0.2, 0) is 22.7 Å². The molecule has 3 aliphatic rings. The van der Waals surface area contributed by atoms with Crippen LogP contribution in [0.15, 0.2) is 72.3 Å². The fourth-order valence-corrected chi connectivity index (χ4v) is 7.80. The van der Waals surface area contributed by atoms with Crippen molar-refractivity contribution in [2.24, 2.45) is 28.6 Å². The molecular formula is C35H40F3NO6. The molecule has 0 bridgehead atoms. The van der Waals surface area contributed by atoms with Crippen molar-refractivity contribution in [3.63, 3.8) is 0 Å². The summed E-state index contributed by atoms with van der Waals surface area (Å²) in [5.41, 5.74) is -1.02. The molecule has 2 aromatic rings. The van der Waals surface area contributed by atoms with E-state index in [1.165, 1.54) is 31.2 Å². The zero-order valence-corrected chi connectivity index (χ0v) is 25.4. The Morgan fingerprint density at radius 1 is 1.04 bits per heavy atom. The number of fused-ring (bicyclic) bond motifs is 2. The van der Waals surface area contributed by atoms with E-state index >= 15 is 8.78 Å². The number of carbonyl (C=O) groups excluding carboxylic acids is 1. The van der Waals surface area contributed by atoms with Gasteiger partial charge in [0.05, 0.1) is 12.0 Å². The Bertz CT molecular complexity index is 1450. The number of halogens is 3. The zero-order chi connectivity index (χ0) is 32.5. The minimum Gasteiger partial charge on any atom is -0.489 e. The lowest BCUT2D eigenvalue weighted by Gasteiger charge is -2.44. The summed E-state index contributed by atoms with van der Waals surface area (Å²) in [7, 11) is 0. The van der Waals surface area contributed by atoms with Gasteiger partial charge in [0.2, 0.25) is 0 Å². The molecule has 10 heteroatoms. The molecule has 0 amide bonds. The maximum atomic E-state index is 16.0. The van der Waals surface area contributed by atoms with Crippen LogP contribution in [0.5, 0.6) is 5.75 Å². The molecule has 8 unspecified atom stereocenters. The molecule has 8 atom stereocenters. The summed E-state index contributed by atoms with van der Waals surface area (Å²) >= 11 is 0. The summed E-state index contributed by atoms with van der Waals surface area (Å²) in [6, 6.07) is 13.1. The van der Waals surface area contributed by atoms with E-state index < -0.39 is 52.9 Å². The molecule has 2 fully saturated rings. The van der Waals surface area contributed by atoms with Crippen LogP contribution < -0.4 is 4.74 Å². The average molecular weight is 628 g/mol.